The highest BCUT2D eigenvalue weighted by Crippen LogP contribution is 2.52. The predicted molar refractivity (Wildman–Crippen MR) is 266 cm³/mol. The van der Waals surface area contributed by atoms with E-state index in [0.717, 1.165) is 48.5 Å². The number of thiophene rings is 1. The van der Waals surface area contributed by atoms with Gasteiger partial charge in [0, 0.05) is 36.3 Å². The Hall–Kier alpha value is -6.92. The van der Waals surface area contributed by atoms with Crippen LogP contribution in [-0.4, -0.2) is 101 Å². The maximum atomic E-state index is 13.6. The second kappa shape index (κ2) is 20.3. The van der Waals surface area contributed by atoms with Crippen molar-refractivity contribution in [3.8, 4) is 22.8 Å². The van der Waals surface area contributed by atoms with Crippen LogP contribution < -0.4 is 30.1 Å². The van der Waals surface area contributed by atoms with Gasteiger partial charge in [-0.1, -0.05) is 41.7 Å². The lowest BCUT2D eigenvalue weighted by Gasteiger charge is -2.30. The summed E-state index contributed by atoms with van der Waals surface area (Å²) in [5.41, 5.74) is 4.03. The summed E-state index contributed by atoms with van der Waals surface area (Å²) >= 11 is 2.37. The number of thiazole rings is 1. The third-order valence-electron chi connectivity index (χ3n) is 12.7. The first-order valence-electron chi connectivity index (χ1n) is 23.2. The SMILES string of the molecule is Cc1ccc(NC(=O)C2(c3ccc4c(c3)OC(F)(F)O4)CC2)nc1-c1cccc(C(=O)NCCOCCn2cc(CCN3CCC(C(=O)Nc4nc5ncc(NS(=O)(=O)c6cccs6)cc5s4)CC3)cn2)c1. The van der Waals surface area contributed by atoms with Crippen molar-refractivity contribution in [3.63, 3.8) is 0 Å². The van der Waals surface area contributed by atoms with Crippen LogP contribution in [0.5, 0.6) is 11.5 Å². The van der Waals surface area contributed by atoms with Crippen LogP contribution in [0.3, 0.4) is 0 Å². The fourth-order valence-corrected chi connectivity index (χ4v) is 11.6. The number of rotatable bonds is 19. The maximum Gasteiger partial charge on any atom is 0.586 e. The van der Waals surface area contributed by atoms with Crippen LogP contribution in [0.1, 0.15) is 52.7 Å². The molecule has 1 aliphatic carbocycles. The number of aromatic nitrogens is 5. The van der Waals surface area contributed by atoms with E-state index in [9.17, 15) is 31.6 Å². The monoisotopic (exact) mass is 1040 g/mol. The Morgan fingerprint density at radius 2 is 1.75 bits per heavy atom. The first-order chi connectivity index (χ1) is 34.7. The third kappa shape index (κ3) is 11.1. The molecule has 7 heterocycles. The summed E-state index contributed by atoms with van der Waals surface area (Å²) in [5.74, 6) is -0.711. The Morgan fingerprint density at radius 3 is 2.56 bits per heavy atom. The van der Waals surface area contributed by atoms with E-state index in [1.807, 2.05) is 36.1 Å². The largest absolute Gasteiger partial charge is 0.586 e. The van der Waals surface area contributed by atoms with Crippen LogP contribution in [0.2, 0.25) is 0 Å². The van der Waals surface area contributed by atoms with Gasteiger partial charge in [-0.25, -0.2) is 18.4 Å². The molecule has 5 aromatic heterocycles. The van der Waals surface area contributed by atoms with E-state index < -0.39 is 21.7 Å². The molecule has 72 heavy (non-hydrogen) atoms. The number of alkyl halides is 2. The molecule has 374 valence electrons. The summed E-state index contributed by atoms with van der Waals surface area (Å²) in [6, 6.07) is 19.9. The van der Waals surface area contributed by atoms with Crippen molar-refractivity contribution in [1.82, 2.24) is 34.9 Å². The zero-order valence-electron chi connectivity index (χ0n) is 38.7. The number of likely N-dealkylation sites (tertiary alicyclic amines) is 1. The zero-order chi connectivity index (χ0) is 50.0. The number of hydrogen-bond donors (Lipinski definition) is 4. The van der Waals surface area contributed by atoms with Gasteiger partial charge in [0.05, 0.1) is 53.6 Å². The van der Waals surface area contributed by atoms with E-state index in [1.54, 1.807) is 47.8 Å². The molecule has 0 bridgehead atoms. The molecule has 18 nitrogen and oxygen atoms in total. The highest BCUT2D eigenvalue weighted by Gasteiger charge is 2.53. The number of aryl methyl sites for hydroxylation is 1. The molecule has 3 amide bonds. The van der Waals surface area contributed by atoms with Gasteiger partial charge in [-0.15, -0.1) is 20.1 Å². The van der Waals surface area contributed by atoms with E-state index in [1.165, 1.54) is 35.7 Å². The molecular weight excluding hydrogens is 991 g/mol. The molecule has 0 spiro atoms. The third-order valence-corrected chi connectivity index (χ3v) is 16.4. The second-order valence-electron chi connectivity index (χ2n) is 17.7. The normalized spacial score (nSPS) is 16.1. The minimum absolute atomic E-state index is 0.0843. The molecule has 2 aromatic carbocycles. The van der Waals surface area contributed by atoms with E-state index in [2.05, 4.69) is 50.1 Å². The van der Waals surface area contributed by atoms with Crippen LogP contribution in [0, 0.1) is 12.8 Å². The molecule has 7 aromatic rings. The number of fused-ring (bicyclic) bond motifs is 2. The number of carbonyl (C=O) groups excluding carboxylic acids is 3. The van der Waals surface area contributed by atoms with E-state index >= 15 is 0 Å². The van der Waals surface area contributed by atoms with Crippen LogP contribution in [0.25, 0.3) is 21.6 Å². The van der Waals surface area contributed by atoms with Crippen molar-refractivity contribution in [3.05, 3.63) is 119 Å². The molecular formula is C49H48F2N10O8S3. The molecule has 3 aliphatic rings. The van der Waals surface area contributed by atoms with Gasteiger partial charge in [0.1, 0.15) is 10.0 Å². The summed E-state index contributed by atoms with van der Waals surface area (Å²) in [6.45, 7) is 5.84. The van der Waals surface area contributed by atoms with Crippen molar-refractivity contribution in [1.29, 1.82) is 0 Å². The molecule has 0 radical (unpaired) electrons. The lowest BCUT2D eigenvalue weighted by molar-refractivity contribution is -0.286. The molecule has 1 saturated carbocycles. The fourth-order valence-electron chi connectivity index (χ4n) is 8.67. The Kier molecular flexibility index (Phi) is 13.7. The number of ether oxygens (including phenoxy) is 3. The number of nitrogens with zero attached hydrogens (tertiary/aromatic N) is 6. The molecule has 4 N–H and O–H groups in total. The van der Waals surface area contributed by atoms with Crippen molar-refractivity contribution in [2.24, 2.45) is 5.92 Å². The minimum atomic E-state index is -3.75. The average molecular weight is 1040 g/mol. The first kappa shape index (κ1) is 48.7. The number of carbonyl (C=O) groups is 3. The van der Waals surface area contributed by atoms with Crippen LogP contribution in [-0.2, 0) is 42.7 Å². The standard InChI is InChI=1S/C49H48F2N10O8S3/c1-30-7-10-40(56-46(64)48(14-15-48)35-8-9-37-38(25-35)69-49(50,51)68-37)55-42(30)33-4-2-5-34(24-33)44(62)52-16-21-67-22-20-61-29-31(27-54-61)11-17-60-18-12-32(13-19-60)45(63)58-47-57-43-39(71-47)26-36(28-53-43)59-72(65,66)41-6-3-23-70-41/h2-10,23-29,32,59H,11-22H2,1H3,(H,52,62)(H,55,56,64)(H,53,57,58,63). The molecule has 2 aliphatic heterocycles. The number of sulfonamides is 1. The Morgan fingerprint density at radius 1 is 0.917 bits per heavy atom. The number of piperidine rings is 1. The Labute approximate surface area is 420 Å². The summed E-state index contributed by atoms with van der Waals surface area (Å²) in [6.07, 6.45) is 4.82. The smallest absolute Gasteiger partial charge is 0.395 e. The zero-order valence-corrected chi connectivity index (χ0v) is 41.2. The van der Waals surface area contributed by atoms with Crippen molar-refractivity contribution >= 4 is 77.4 Å². The van der Waals surface area contributed by atoms with Gasteiger partial charge in [0.2, 0.25) is 11.8 Å². The Balaban J connectivity index is 0.621. The average Bonchev–Trinajstić information content (AvgIpc) is 3.74. The lowest BCUT2D eigenvalue weighted by Crippen LogP contribution is -2.39. The molecule has 2 fully saturated rings. The maximum absolute atomic E-state index is 13.6. The number of nitrogens with one attached hydrogen (secondary N) is 4. The van der Waals surface area contributed by atoms with Crippen LogP contribution >= 0.6 is 22.7 Å². The molecule has 0 atom stereocenters. The number of amides is 3. The van der Waals surface area contributed by atoms with Gasteiger partial charge in [-0.2, -0.15) is 10.1 Å². The number of halogens is 2. The van der Waals surface area contributed by atoms with Crippen molar-refractivity contribution in [2.75, 3.05) is 54.7 Å². The number of hydrogen-bond acceptors (Lipinski definition) is 15. The van der Waals surface area contributed by atoms with Crippen molar-refractivity contribution in [2.45, 2.75) is 61.5 Å². The first-order valence-corrected chi connectivity index (χ1v) is 26.4. The van der Waals surface area contributed by atoms with Crippen LogP contribution in [0.4, 0.5) is 25.4 Å². The van der Waals surface area contributed by atoms with Crippen LogP contribution in [0.15, 0.2) is 101 Å². The molecule has 10 rings (SSSR count). The highest BCUT2D eigenvalue weighted by molar-refractivity contribution is 7.94. The van der Waals surface area contributed by atoms with Crippen molar-refractivity contribution < 1.29 is 45.8 Å². The predicted octanol–water partition coefficient (Wildman–Crippen LogP) is 7.45. The van der Waals surface area contributed by atoms with E-state index in [-0.39, 0.29) is 39.3 Å². The topological polar surface area (TPSA) is 221 Å². The van der Waals surface area contributed by atoms with Gasteiger partial charge >= 0.3 is 6.29 Å². The second-order valence-corrected chi connectivity index (χ2v) is 21.6. The summed E-state index contributed by atoms with van der Waals surface area (Å²) in [4.78, 5) is 55.7. The summed E-state index contributed by atoms with van der Waals surface area (Å²) in [7, 11) is -3.72. The minimum Gasteiger partial charge on any atom is -0.395 e. The van der Waals surface area contributed by atoms with E-state index in [4.69, 9.17) is 9.72 Å². The molecule has 0 unspecified atom stereocenters. The lowest BCUT2D eigenvalue weighted by atomic mass is 9.94. The number of benzene rings is 2. The number of pyridine rings is 2. The number of anilines is 3. The van der Waals surface area contributed by atoms with Gasteiger partial charge in [-0.3, -0.25) is 23.8 Å². The quantitative estimate of drug-likeness (QED) is 0.0579. The Bertz CT molecular complexity index is 3270. The molecule has 23 heteroatoms. The van der Waals surface area contributed by atoms with Gasteiger partial charge in [0.25, 0.3) is 15.9 Å². The summed E-state index contributed by atoms with van der Waals surface area (Å²) < 4.78 is 72.7. The van der Waals surface area contributed by atoms with Gasteiger partial charge in [-0.05, 0) is 117 Å². The highest BCUT2D eigenvalue weighted by atomic mass is 32.2. The van der Waals surface area contributed by atoms with Gasteiger partial charge in [0.15, 0.2) is 22.3 Å². The summed E-state index contributed by atoms with van der Waals surface area (Å²) in [5, 5.41) is 15.3. The van der Waals surface area contributed by atoms with E-state index in [0.29, 0.717) is 101 Å². The molecule has 1 saturated heterocycles. The van der Waals surface area contributed by atoms with Gasteiger partial charge < -0.3 is 35.1 Å². The fraction of sp³-hybridized carbons (Fsp3) is 0.327.